The minimum atomic E-state index is -0.992. The summed E-state index contributed by atoms with van der Waals surface area (Å²) in [6.07, 6.45) is 1.83. The monoisotopic (exact) mass is 238 g/mol. The first-order chi connectivity index (χ1) is 7.65. The number of carboxylic acids is 1. The van der Waals surface area contributed by atoms with Gasteiger partial charge in [0.25, 0.3) is 0 Å². The number of carboxylic acid groups (broad SMARTS) is 1. The van der Waals surface area contributed by atoms with E-state index in [9.17, 15) is 4.79 Å². The summed E-state index contributed by atoms with van der Waals surface area (Å²) >= 11 is 1.12. The topological polar surface area (TPSA) is 80.0 Å². The molecule has 2 N–H and O–H groups in total. The first kappa shape index (κ1) is 10.6. The zero-order valence-corrected chi connectivity index (χ0v) is 9.36. The van der Waals surface area contributed by atoms with Crippen LogP contribution < -0.4 is 5.32 Å². The van der Waals surface area contributed by atoms with Gasteiger partial charge in [-0.25, -0.2) is 9.78 Å². The number of anilines is 1. The number of nitrogens with zero attached hydrogens (tertiary/aromatic N) is 3. The number of aryl methyl sites for hydroxylation is 1. The molecule has 0 aliphatic heterocycles. The van der Waals surface area contributed by atoms with Gasteiger partial charge in [-0.3, -0.25) is 4.68 Å². The van der Waals surface area contributed by atoms with E-state index in [0.29, 0.717) is 12.2 Å². The molecule has 0 spiro atoms. The summed E-state index contributed by atoms with van der Waals surface area (Å²) in [4.78, 5) is 14.6. The third-order valence-corrected chi connectivity index (χ3v) is 2.78. The van der Waals surface area contributed by atoms with Gasteiger partial charge in [0, 0.05) is 24.7 Å². The lowest BCUT2D eigenvalue weighted by Gasteiger charge is -1.98. The zero-order valence-electron chi connectivity index (χ0n) is 8.54. The second kappa shape index (κ2) is 4.31. The largest absolute Gasteiger partial charge is 0.476 e. The number of aromatic carboxylic acids is 1. The van der Waals surface area contributed by atoms with E-state index in [4.69, 9.17) is 5.11 Å². The average Bonchev–Trinajstić information content (AvgIpc) is 2.83. The molecule has 0 aliphatic rings. The van der Waals surface area contributed by atoms with Crippen LogP contribution in [0.3, 0.4) is 0 Å². The van der Waals surface area contributed by atoms with Crippen LogP contribution in [0.2, 0.25) is 0 Å². The highest BCUT2D eigenvalue weighted by Gasteiger charge is 2.08. The Morgan fingerprint density at radius 1 is 1.69 bits per heavy atom. The summed E-state index contributed by atoms with van der Waals surface area (Å²) < 4.78 is 1.69. The summed E-state index contributed by atoms with van der Waals surface area (Å²) in [5.74, 6) is -0.249. The third-order valence-electron chi connectivity index (χ3n) is 1.90. The maximum Gasteiger partial charge on any atom is 0.365 e. The maximum absolute atomic E-state index is 10.6. The van der Waals surface area contributed by atoms with E-state index >= 15 is 0 Å². The Morgan fingerprint density at radius 3 is 3.06 bits per heavy atom. The molecule has 2 aromatic heterocycles. The van der Waals surface area contributed by atoms with Gasteiger partial charge in [-0.15, -0.1) is 11.3 Å². The molecule has 0 unspecified atom stereocenters. The highest BCUT2D eigenvalue weighted by atomic mass is 32.1. The van der Waals surface area contributed by atoms with Crippen molar-refractivity contribution in [3.8, 4) is 0 Å². The van der Waals surface area contributed by atoms with Gasteiger partial charge in [-0.2, -0.15) is 5.10 Å². The lowest BCUT2D eigenvalue weighted by molar-refractivity contribution is 0.0696. The van der Waals surface area contributed by atoms with E-state index in [-0.39, 0.29) is 5.01 Å². The predicted octanol–water partition coefficient (Wildman–Crippen LogP) is 1.19. The van der Waals surface area contributed by atoms with Crippen molar-refractivity contribution in [3.05, 3.63) is 28.3 Å². The fraction of sp³-hybridized carbons (Fsp3) is 0.222. The Labute approximate surface area is 95.6 Å². The lowest BCUT2D eigenvalue weighted by atomic mass is 10.4. The van der Waals surface area contributed by atoms with Gasteiger partial charge in [0.1, 0.15) is 5.82 Å². The van der Waals surface area contributed by atoms with Gasteiger partial charge in [0.2, 0.25) is 5.01 Å². The predicted molar refractivity (Wildman–Crippen MR) is 59.6 cm³/mol. The van der Waals surface area contributed by atoms with Crippen molar-refractivity contribution in [2.24, 2.45) is 7.05 Å². The van der Waals surface area contributed by atoms with Crippen molar-refractivity contribution in [2.45, 2.75) is 6.54 Å². The minimum Gasteiger partial charge on any atom is -0.476 e. The molecule has 0 aliphatic carbocycles. The first-order valence-corrected chi connectivity index (χ1v) is 5.44. The number of nitrogens with one attached hydrogen (secondary N) is 1. The van der Waals surface area contributed by atoms with E-state index < -0.39 is 5.97 Å². The van der Waals surface area contributed by atoms with Crippen molar-refractivity contribution in [3.63, 3.8) is 0 Å². The number of aromatic nitrogens is 3. The molecule has 0 atom stereocenters. The third kappa shape index (κ3) is 2.37. The molecule has 0 saturated carbocycles. The van der Waals surface area contributed by atoms with E-state index in [1.54, 1.807) is 10.1 Å². The summed E-state index contributed by atoms with van der Waals surface area (Å²) in [5, 5.41) is 17.7. The Balaban J connectivity index is 1.97. The summed E-state index contributed by atoms with van der Waals surface area (Å²) in [6, 6.07) is 1.84. The molecular weight excluding hydrogens is 228 g/mol. The van der Waals surface area contributed by atoms with Crippen LogP contribution in [0.1, 0.15) is 15.5 Å². The molecule has 0 radical (unpaired) electrons. The molecule has 0 saturated heterocycles. The normalized spacial score (nSPS) is 10.3. The summed E-state index contributed by atoms with van der Waals surface area (Å²) in [7, 11) is 1.83. The number of carbonyl (C=O) groups is 1. The first-order valence-electron chi connectivity index (χ1n) is 4.56. The Morgan fingerprint density at radius 2 is 2.50 bits per heavy atom. The smallest absolute Gasteiger partial charge is 0.365 e. The number of hydrogen-bond donors (Lipinski definition) is 2. The number of hydrogen-bond acceptors (Lipinski definition) is 5. The molecule has 16 heavy (non-hydrogen) atoms. The van der Waals surface area contributed by atoms with Crippen LogP contribution in [-0.4, -0.2) is 25.8 Å². The summed E-state index contributed by atoms with van der Waals surface area (Å²) in [5.41, 5.74) is 0.702. The average molecular weight is 238 g/mol. The molecule has 0 bridgehead atoms. The highest BCUT2D eigenvalue weighted by Crippen LogP contribution is 2.11. The second-order valence-electron chi connectivity index (χ2n) is 3.18. The van der Waals surface area contributed by atoms with Gasteiger partial charge in [0.15, 0.2) is 0 Å². The molecule has 2 rings (SSSR count). The molecule has 0 amide bonds. The van der Waals surface area contributed by atoms with Crippen LogP contribution in [0, 0.1) is 0 Å². The molecular formula is C9H10N4O2S. The van der Waals surface area contributed by atoms with Crippen LogP contribution in [0.5, 0.6) is 0 Å². The molecule has 2 heterocycles. The van der Waals surface area contributed by atoms with Gasteiger partial charge in [-0.1, -0.05) is 0 Å². The van der Waals surface area contributed by atoms with Gasteiger partial charge in [-0.05, 0) is 0 Å². The number of rotatable bonds is 4. The van der Waals surface area contributed by atoms with Crippen molar-refractivity contribution >= 4 is 23.1 Å². The van der Waals surface area contributed by atoms with Crippen molar-refractivity contribution in [1.29, 1.82) is 0 Å². The molecule has 0 fully saturated rings. The molecule has 0 aromatic carbocycles. The minimum absolute atomic E-state index is 0.109. The summed E-state index contributed by atoms with van der Waals surface area (Å²) in [6.45, 7) is 0.473. The zero-order chi connectivity index (χ0) is 11.5. The van der Waals surface area contributed by atoms with E-state index in [1.165, 1.54) is 0 Å². The van der Waals surface area contributed by atoms with Gasteiger partial charge in [0.05, 0.1) is 12.2 Å². The van der Waals surface area contributed by atoms with Crippen LogP contribution in [0.15, 0.2) is 17.6 Å². The van der Waals surface area contributed by atoms with E-state index in [0.717, 1.165) is 17.2 Å². The number of thiazole rings is 1. The quantitative estimate of drug-likeness (QED) is 0.836. The van der Waals surface area contributed by atoms with Gasteiger partial charge >= 0.3 is 5.97 Å². The van der Waals surface area contributed by atoms with Crippen LogP contribution in [-0.2, 0) is 13.6 Å². The maximum atomic E-state index is 10.6. The van der Waals surface area contributed by atoms with Crippen LogP contribution >= 0.6 is 11.3 Å². The fourth-order valence-electron chi connectivity index (χ4n) is 1.18. The van der Waals surface area contributed by atoms with Crippen LogP contribution in [0.25, 0.3) is 0 Å². The molecule has 2 aromatic rings. The lowest BCUT2D eigenvalue weighted by Crippen LogP contribution is -2.02. The van der Waals surface area contributed by atoms with Crippen LogP contribution in [0.4, 0.5) is 5.82 Å². The van der Waals surface area contributed by atoms with Crippen molar-refractivity contribution < 1.29 is 9.90 Å². The SMILES string of the molecule is Cn1ccc(NCc2csc(C(=O)O)n2)n1. The second-order valence-corrected chi connectivity index (χ2v) is 4.04. The van der Waals surface area contributed by atoms with E-state index in [2.05, 4.69) is 15.4 Å². The van der Waals surface area contributed by atoms with Crippen molar-refractivity contribution in [2.75, 3.05) is 5.32 Å². The van der Waals surface area contributed by atoms with Crippen molar-refractivity contribution in [1.82, 2.24) is 14.8 Å². The molecule has 6 nitrogen and oxygen atoms in total. The fourth-order valence-corrected chi connectivity index (χ4v) is 1.83. The Hall–Kier alpha value is -1.89. The Kier molecular flexibility index (Phi) is 2.86. The highest BCUT2D eigenvalue weighted by molar-refractivity contribution is 7.11. The standard InChI is InChI=1S/C9H10N4O2S/c1-13-3-2-7(12-13)10-4-6-5-16-8(11-6)9(14)15/h2-3,5H,4H2,1H3,(H,10,12)(H,14,15). The Bertz CT molecular complexity index is 505. The molecule has 84 valence electrons. The van der Waals surface area contributed by atoms with E-state index in [1.807, 2.05) is 19.3 Å². The molecule has 7 heteroatoms. The van der Waals surface area contributed by atoms with Gasteiger partial charge < -0.3 is 10.4 Å².